The Hall–Kier alpha value is -2.37. The molecule has 0 bridgehead atoms. The first-order valence-corrected chi connectivity index (χ1v) is 6.82. The van der Waals surface area contributed by atoms with E-state index in [1.54, 1.807) is 0 Å². The van der Waals surface area contributed by atoms with Crippen molar-refractivity contribution in [2.45, 2.75) is 25.2 Å². The molecular formula is C15H18N2O4. The zero-order valence-electron chi connectivity index (χ0n) is 11.8. The van der Waals surface area contributed by atoms with Crippen LogP contribution in [-0.2, 0) is 19.1 Å². The standard InChI is InChI=1S/C15H18N2O4/c1-21-14(19)8-7-13(18)16-17-15(20)12-9-11(12)10-5-3-2-4-6-10/h2-6,11-12H,7-9H2,1H3,(H,16,18)(H,17,20)/t11-,12-/m1/s1. The lowest BCUT2D eigenvalue weighted by Crippen LogP contribution is -2.42. The predicted octanol–water partition coefficient (Wildman–Crippen LogP) is 0.891. The fraction of sp³-hybridized carbons (Fsp3) is 0.400. The largest absolute Gasteiger partial charge is 0.469 e. The van der Waals surface area contributed by atoms with Crippen LogP contribution in [0.2, 0.25) is 0 Å². The van der Waals surface area contributed by atoms with Crippen molar-refractivity contribution >= 4 is 17.8 Å². The number of rotatable bonds is 5. The van der Waals surface area contributed by atoms with E-state index in [-0.39, 0.29) is 30.6 Å². The molecule has 21 heavy (non-hydrogen) atoms. The van der Waals surface area contributed by atoms with Crippen molar-refractivity contribution in [3.63, 3.8) is 0 Å². The Labute approximate surface area is 122 Å². The van der Waals surface area contributed by atoms with Crippen molar-refractivity contribution in [3.05, 3.63) is 35.9 Å². The van der Waals surface area contributed by atoms with E-state index in [1.165, 1.54) is 7.11 Å². The van der Waals surface area contributed by atoms with Crippen LogP contribution in [0.1, 0.15) is 30.7 Å². The number of esters is 1. The van der Waals surface area contributed by atoms with Gasteiger partial charge in [0, 0.05) is 12.3 Å². The monoisotopic (exact) mass is 290 g/mol. The van der Waals surface area contributed by atoms with Gasteiger partial charge in [-0.25, -0.2) is 0 Å². The molecule has 0 radical (unpaired) electrons. The molecule has 2 amide bonds. The molecule has 0 spiro atoms. The molecule has 1 fully saturated rings. The zero-order valence-corrected chi connectivity index (χ0v) is 11.8. The molecule has 0 aliphatic heterocycles. The van der Waals surface area contributed by atoms with E-state index in [0.29, 0.717) is 0 Å². The van der Waals surface area contributed by atoms with Gasteiger partial charge in [-0.05, 0) is 17.9 Å². The summed E-state index contributed by atoms with van der Waals surface area (Å²) >= 11 is 0. The Kier molecular flexibility index (Phi) is 4.92. The Bertz CT molecular complexity index is 530. The maximum absolute atomic E-state index is 11.9. The molecule has 1 aliphatic rings. The van der Waals surface area contributed by atoms with Gasteiger partial charge in [-0.1, -0.05) is 30.3 Å². The highest BCUT2D eigenvalue weighted by Gasteiger charge is 2.43. The van der Waals surface area contributed by atoms with Gasteiger partial charge >= 0.3 is 5.97 Å². The Morgan fingerprint density at radius 3 is 2.52 bits per heavy atom. The molecule has 0 aromatic heterocycles. The summed E-state index contributed by atoms with van der Waals surface area (Å²) in [7, 11) is 1.26. The Balaban J connectivity index is 1.69. The van der Waals surface area contributed by atoms with E-state index in [4.69, 9.17) is 0 Å². The minimum absolute atomic E-state index is 0.00568. The molecule has 1 aromatic carbocycles. The van der Waals surface area contributed by atoms with Crippen LogP contribution in [0, 0.1) is 5.92 Å². The topological polar surface area (TPSA) is 84.5 Å². The molecule has 1 aromatic rings. The third-order valence-electron chi connectivity index (χ3n) is 3.46. The van der Waals surface area contributed by atoms with E-state index in [1.807, 2.05) is 30.3 Å². The van der Waals surface area contributed by atoms with Gasteiger partial charge in [0.1, 0.15) is 0 Å². The number of hydrazine groups is 1. The van der Waals surface area contributed by atoms with E-state index < -0.39 is 11.9 Å². The average Bonchev–Trinajstić information content (AvgIpc) is 3.31. The maximum atomic E-state index is 11.9. The highest BCUT2D eigenvalue weighted by atomic mass is 16.5. The number of hydrogen-bond donors (Lipinski definition) is 2. The number of hydrogen-bond acceptors (Lipinski definition) is 4. The second-order valence-corrected chi connectivity index (χ2v) is 4.97. The number of benzene rings is 1. The zero-order chi connectivity index (χ0) is 15.2. The molecule has 1 saturated carbocycles. The van der Waals surface area contributed by atoms with Crippen molar-refractivity contribution in [1.82, 2.24) is 10.9 Å². The summed E-state index contributed by atoms with van der Waals surface area (Å²) in [5, 5.41) is 0. The van der Waals surface area contributed by atoms with Crippen molar-refractivity contribution in [3.8, 4) is 0 Å². The summed E-state index contributed by atoms with van der Waals surface area (Å²) in [5.41, 5.74) is 5.84. The van der Waals surface area contributed by atoms with Gasteiger partial charge in [0.05, 0.1) is 13.5 Å². The smallest absolute Gasteiger partial charge is 0.306 e. The van der Waals surface area contributed by atoms with Crippen LogP contribution >= 0.6 is 0 Å². The van der Waals surface area contributed by atoms with Gasteiger partial charge in [0.15, 0.2) is 0 Å². The quantitative estimate of drug-likeness (QED) is 0.623. The predicted molar refractivity (Wildman–Crippen MR) is 74.8 cm³/mol. The van der Waals surface area contributed by atoms with Crippen LogP contribution in [0.5, 0.6) is 0 Å². The lowest BCUT2D eigenvalue weighted by atomic mass is 10.1. The number of amides is 2. The van der Waals surface area contributed by atoms with Crippen molar-refractivity contribution < 1.29 is 19.1 Å². The van der Waals surface area contributed by atoms with Gasteiger partial charge in [-0.3, -0.25) is 25.2 Å². The minimum Gasteiger partial charge on any atom is -0.469 e. The molecule has 0 saturated heterocycles. The molecule has 1 aliphatic carbocycles. The fourth-order valence-corrected chi connectivity index (χ4v) is 2.16. The summed E-state index contributed by atoms with van der Waals surface area (Å²) in [5.74, 6) is -0.949. The maximum Gasteiger partial charge on any atom is 0.306 e. The lowest BCUT2D eigenvalue weighted by Gasteiger charge is -2.07. The Morgan fingerprint density at radius 2 is 1.86 bits per heavy atom. The summed E-state index contributed by atoms with van der Waals surface area (Å²) in [6.07, 6.45) is 0.766. The van der Waals surface area contributed by atoms with E-state index >= 15 is 0 Å². The molecule has 2 rings (SSSR count). The van der Waals surface area contributed by atoms with Gasteiger partial charge < -0.3 is 4.74 Å². The first-order valence-electron chi connectivity index (χ1n) is 6.82. The van der Waals surface area contributed by atoms with Crippen molar-refractivity contribution in [2.24, 2.45) is 5.92 Å². The van der Waals surface area contributed by atoms with Gasteiger partial charge in [0.2, 0.25) is 11.8 Å². The van der Waals surface area contributed by atoms with Crippen LogP contribution in [0.25, 0.3) is 0 Å². The summed E-state index contributed by atoms with van der Waals surface area (Å²) in [6.45, 7) is 0. The summed E-state index contributed by atoms with van der Waals surface area (Å²) < 4.78 is 4.43. The lowest BCUT2D eigenvalue weighted by molar-refractivity contribution is -0.142. The van der Waals surface area contributed by atoms with E-state index in [9.17, 15) is 14.4 Å². The molecule has 2 atom stereocenters. The first-order chi connectivity index (χ1) is 10.1. The highest BCUT2D eigenvalue weighted by molar-refractivity contribution is 5.87. The van der Waals surface area contributed by atoms with Crippen LogP contribution in [0.15, 0.2) is 30.3 Å². The molecule has 0 unspecified atom stereocenters. The van der Waals surface area contributed by atoms with Crippen LogP contribution in [-0.4, -0.2) is 24.9 Å². The molecular weight excluding hydrogens is 272 g/mol. The molecule has 6 nitrogen and oxygen atoms in total. The van der Waals surface area contributed by atoms with Crippen LogP contribution in [0.4, 0.5) is 0 Å². The number of carbonyl (C=O) groups is 3. The van der Waals surface area contributed by atoms with Gasteiger partial charge in [-0.2, -0.15) is 0 Å². The molecule has 2 N–H and O–H groups in total. The Morgan fingerprint density at radius 1 is 1.14 bits per heavy atom. The average molecular weight is 290 g/mol. The van der Waals surface area contributed by atoms with Gasteiger partial charge in [0.25, 0.3) is 0 Å². The van der Waals surface area contributed by atoms with Crippen LogP contribution < -0.4 is 10.9 Å². The second kappa shape index (κ2) is 6.88. The number of nitrogens with one attached hydrogen (secondary N) is 2. The molecule has 0 heterocycles. The van der Waals surface area contributed by atoms with Gasteiger partial charge in [-0.15, -0.1) is 0 Å². The fourth-order valence-electron chi connectivity index (χ4n) is 2.16. The van der Waals surface area contributed by atoms with Crippen LogP contribution in [0.3, 0.4) is 0 Å². The minimum atomic E-state index is -0.456. The molecule has 6 heteroatoms. The van der Waals surface area contributed by atoms with E-state index in [0.717, 1.165) is 12.0 Å². The third kappa shape index (κ3) is 4.30. The SMILES string of the molecule is COC(=O)CCC(=O)NNC(=O)[C@@H]1C[C@@H]1c1ccccc1. The highest BCUT2D eigenvalue weighted by Crippen LogP contribution is 2.47. The number of ether oxygens (including phenoxy) is 1. The first kappa shape index (κ1) is 15.0. The normalized spacial score (nSPS) is 19.5. The van der Waals surface area contributed by atoms with Crippen molar-refractivity contribution in [2.75, 3.05) is 7.11 Å². The van der Waals surface area contributed by atoms with Crippen molar-refractivity contribution in [1.29, 1.82) is 0 Å². The third-order valence-corrected chi connectivity index (χ3v) is 3.46. The molecule has 112 valence electrons. The summed E-state index contributed by atoms with van der Waals surface area (Å²) in [6, 6.07) is 9.80. The second-order valence-electron chi connectivity index (χ2n) is 4.97. The number of carbonyl (C=O) groups excluding carboxylic acids is 3. The number of methoxy groups -OCH3 is 1. The van der Waals surface area contributed by atoms with E-state index in [2.05, 4.69) is 15.6 Å². The summed E-state index contributed by atoms with van der Waals surface area (Å²) in [4.78, 5) is 34.2.